The molecule has 2 rings (SSSR count). The number of urea groups is 1. The lowest BCUT2D eigenvalue weighted by atomic mass is 10.1. The first kappa shape index (κ1) is 8.68. The van der Waals surface area contributed by atoms with Crippen LogP contribution >= 0.6 is 0 Å². The van der Waals surface area contributed by atoms with Crippen molar-refractivity contribution >= 4 is 11.9 Å². The summed E-state index contributed by atoms with van der Waals surface area (Å²) in [5.41, 5.74) is 6.09. The molecule has 4 nitrogen and oxygen atoms in total. The van der Waals surface area contributed by atoms with Crippen LogP contribution in [-0.2, 0) is 0 Å². The highest BCUT2D eigenvalue weighted by Gasteiger charge is 2.24. The molecule has 72 valence electrons. The third kappa shape index (κ3) is 1.44. The van der Waals surface area contributed by atoms with E-state index in [-0.39, 0.29) is 11.7 Å². The average Bonchev–Trinajstić information content (AvgIpc) is 2.45. The summed E-state index contributed by atoms with van der Waals surface area (Å²) in [6, 6.07) is 4.89. The van der Waals surface area contributed by atoms with Gasteiger partial charge in [-0.05, 0) is 17.7 Å². The molecule has 0 radical (unpaired) electrons. The summed E-state index contributed by atoms with van der Waals surface area (Å²) >= 11 is 0. The molecular formula is C9H8FN3O. The van der Waals surface area contributed by atoms with Gasteiger partial charge < -0.3 is 11.1 Å². The number of amides is 2. The number of nitrogens with zero attached hydrogens (tertiary/aromatic N) is 1. The Morgan fingerprint density at radius 2 is 2.29 bits per heavy atom. The number of rotatable bonds is 1. The maximum absolute atomic E-state index is 12.9. The highest BCUT2D eigenvalue weighted by molar-refractivity contribution is 6.03. The number of carbonyl (C=O) groups is 1. The van der Waals surface area contributed by atoms with Crippen LogP contribution in [0.5, 0.6) is 0 Å². The van der Waals surface area contributed by atoms with Crippen LogP contribution in [0.2, 0.25) is 0 Å². The topological polar surface area (TPSA) is 67.5 Å². The van der Waals surface area contributed by atoms with E-state index >= 15 is 0 Å². The predicted octanol–water partition coefficient (Wildman–Crippen LogP) is 0.947. The van der Waals surface area contributed by atoms with Crippen LogP contribution in [0.15, 0.2) is 29.3 Å². The number of hydrogen-bond acceptors (Lipinski definition) is 2. The van der Waals surface area contributed by atoms with E-state index in [0.29, 0.717) is 5.56 Å². The Morgan fingerprint density at radius 3 is 2.86 bits per heavy atom. The number of aliphatic imine (C=N–C) groups is 1. The third-order valence-corrected chi connectivity index (χ3v) is 1.98. The van der Waals surface area contributed by atoms with Gasteiger partial charge in [-0.2, -0.15) is 4.99 Å². The van der Waals surface area contributed by atoms with E-state index in [0.717, 1.165) is 0 Å². The molecule has 3 N–H and O–H groups in total. The van der Waals surface area contributed by atoms with Crippen LogP contribution in [0, 0.1) is 5.82 Å². The van der Waals surface area contributed by atoms with E-state index in [1.54, 1.807) is 12.1 Å². The fourth-order valence-corrected chi connectivity index (χ4v) is 1.35. The summed E-state index contributed by atoms with van der Waals surface area (Å²) in [7, 11) is 0. The molecular weight excluding hydrogens is 185 g/mol. The van der Waals surface area contributed by atoms with Gasteiger partial charge in [-0.25, -0.2) is 9.18 Å². The first-order chi connectivity index (χ1) is 6.66. The summed E-state index contributed by atoms with van der Waals surface area (Å²) < 4.78 is 12.9. The Balaban J connectivity index is 2.33. The highest BCUT2D eigenvalue weighted by Crippen LogP contribution is 2.17. The van der Waals surface area contributed by atoms with Gasteiger partial charge in [-0.15, -0.1) is 0 Å². The molecule has 1 aliphatic rings. The van der Waals surface area contributed by atoms with Gasteiger partial charge in [0.15, 0.2) is 0 Å². The number of amidine groups is 1. The van der Waals surface area contributed by atoms with E-state index < -0.39 is 12.1 Å². The summed E-state index contributed by atoms with van der Waals surface area (Å²) in [6.07, 6.45) is 0. The molecule has 0 aliphatic carbocycles. The van der Waals surface area contributed by atoms with Crippen LogP contribution < -0.4 is 11.1 Å². The van der Waals surface area contributed by atoms with Crippen LogP contribution in [0.25, 0.3) is 0 Å². The normalized spacial score (nSPS) is 20.5. The first-order valence-electron chi connectivity index (χ1n) is 4.07. The zero-order valence-electron chi connectivity index (χ0n) is 7.20. The molecule has 1 aliphatic heterocycles. The summed E-state index contributed by atoms with van der Waals surface area (Å²) in [4.78, 5) is 14.3. The summed E-state index contributed by atoms with van der Waals surface area (Å²) in [6.45, 7) is 0. The molecule has 1 unspecified atom stereocenters. The number of nitrogens with one attached hydrogen (secondary N) is 1. The van der Waals surface area contributed by atoms with Gasteiger partial charge in [0.25, 0.3) is 0 Å². The molecule has 0 spiro atoms. The van der Waals surface area contributed by atoms with Gasteiger partial charge in [0.1, 0.15) is 17.7 Å². The number of benzene rings is 1. The van der Waals surface area contributed by atoms with Crippen molar-refractivity contribution in [2.75, 3.05) is 0 Å². The number of hydrogen-bond donors (Lipinski definition) is 2. The lowest BCUT2D eigenvalue weighted by Crippen LogP contribution is -2.27. The maximum Gasteiger partial charge on any atom is 0.343 e. The van der Waals surface area contributed by atoms with Crippen molar-refractivity contribution in [3.8, 4) is 0 Å². The molecule has 0 saturated heterocycles. The minimum atomic E-state index is -0.502. The average molecular weight is 193 g/mol. The minimum absolute atomic E-state index is 0.167. The van der Waals surface area contributed by atoms with Crippen molar-refractivity contribution in [1.82, 2.24) is 5.32 Å². The Morgan fingerprint density at radius 1 is 1.50 bits per heavy atom. The van der Waals surface area contributed by atoms with Crippen molar-refractivity contribution in [1.29, 1.82) is 0 Å². The molecule has 2 amide bonds. The zero-order valence-corrected chi connectivity index (χ0v) is 7.20. The van der Waals surface area contributed by atoms with Crippen LogP contribution in [-0.4, -0.2) is 11.9 Å². The lowest BCUT2D eigenvalue weighted by molar-refractivity contribution is 0.250. The molecule has 0 bridgehead atoms. The van der Waals surface area contributed by atoms with Crippen LogP contribution in [0.1, 0.15) is 11.6 Å². The molecule has 0 fully saturated rings. The van der Waals surface area contributed by atoms with E-state index in [1.165, 1.54) is 12.1 Å². The van der Waals surface area contributed by atoms with E-state index in [4.69, 9.17) is 5.73 Å². The van der Waals surface area contributed by atoms with Crippen LogP contribution in [0.4, 0.5) is 9.18 Å². The van der Waals surface area contributed by atoms with Gasteiger partial charge >= 0.3 is 6.03 Å². The van der Waals surface area contributed by atoms with Crippen molar-refractivity contribution in [3.63, 3.8) is 0 Å². The molecule has 0 aromatic heterocycles. The Hall–Kier alpha value is -1.91. The van der Waals surface area contributed by atoms with Gasteiger partial charge in [-0.3, -0.25) is 0 Å². The van der Waals surface area contributed by atoms with E-state index in [1.807, 2.05) is 0 Å². The minimum Gasteiger partial charge on any atom is -0.385 e. The molecule has 1 aromatic rings. The largest absolute Gasteiger partial charge is 0.385 e. The van der Waals surface area contributed by atoms with Crippen molar-refractivity contribution in [2.24, 2.45) is 10.7 Å². The first-order valence-corrected chi connectivity index (χ1v) is 4.07. The van der Waals surface area contributed by atoms with E-state index in [2.05, 4.69) is 10.3 Å². The molecule has 1 aromatic carbocycles. The monoisotopic (exact) mass is 193 g/mol. The quantitative estimate of drug-likeness (QED) is 0.697. The molecule has 1 atom stereocenters. The third-order valence-electron chi connectivity index (χ3n) is 1.98. The molecule has 5 heteroatoms. The summed E-state index contributed by atoms with van der Waals surface area (Å²) in [5.74, 6) is -0.197. The van der Waals surface area contributed by atoms with Gasteiger partial charge in [0, 0.05) is 0 Å². The van der Waals surface area contributed by atoms with Crippen molar-refractivity contribution in [2.45, 2.75) is 6.04 Å². The fraction of sp³-hybridized carbons (Fsp3) is 0.111. The van der Waals surface area contributed by atoms with Gasteiger partial charge in [0.05, 0.1) is 0 Å². The van der Waals surface area contributed by atoms with Crippen molar-refractivity contribution < 1.29 is 9.18 Å². The second-order valence-corrected chi connectivity index (χ2v) is 2.97. The highest BCUT2D eigenvalue weighted by atomic mass is 19.1. The predicted molar refractivity (Wildman–Crippen MR) is 49.3 cm³/mol. The number of nitrogens with two attached hydrogens (primary N) is 1. The maximum atomic E-state index is 12.9. The standard InChI is InChI=1S/C9H8FN3O/c10-6-3-1-2-5(4-6)7-8(11)13-9(14)12-7/h1-4,7H,(H3,11,12,13,14). The molecule has 1 heterocycles. The smallest absolute Gasteiger partial charge is 0.343 e. The number of carbonyl (C=O) groups excluding carboxylic acids is 1. The molecule has 14 heavy (non-hydrogen) atoms. The Bertz CT molecular complexity index is 416. The molecule has 0 saturated carbocycles. The van der Waals surface area contributed by atoms with Gasteiger partial charge in [0.2, 0.25) is 0 Å². The van der Waals surface area contributed by atoms with E-state index in [9.17, 15) is 9.18 Å². The summed E-state index contributed by atoms with van der Waals surface area (Å²) in [5, 5.41) is 2.51. The second-order valence-electron chi connectivity index (χ2n) is 2.97. The Labute approximate surface area is 79.6 Å². The lowest BCUT2D eigenvalue weighted by Gasteiger charge is -2.10. The Kier molecular flexibility index (Phi) is 1.92. The second kappa shape index (κ2) is 3.10. The zero-order chi connectivity index (χ0) is 10.1. The van der Waals surface area contributed by atoms with Crippen molar-refractivity contribution in [3.05, 3.63) is 35.6 Å². The fourth-order valence-electron chi connectivity index (χ4n) is 1.35. The number of halogens is 1. The van der Waals surface area contributed by atoms with Crippen LogP contribution in [0.3, 0.4) is 0 Å². The van der Waals surface area contributed by atoms with Gasteiger partial charge in [-0.1, -0.05) is 12.1 Å². The SMILES string of the molecule is NC1=NC(=O)NC1c1cccc(F)c1.